The molecule has 2 aliphatic heterocycles. The van der Waals surface area contributed by atoms with Crippen LogP contribution < -0.4 is 5.73 Å². The van der Waals surface area contributed by atoms with E-state index in [9.17, 15) is 24.6 Å². The summed E-state index contributed by atoms with van der Waals surface area (Å²) in [5.41, 5.74) is 6.23. The number of aliphatic carboxylic acids is 1. The molecule has 4 N–H and O–H groups in total. The van der Waals surface area contributed by atoms with E-state index in [-0.39, 0.29) is 17.6 Å². The predicted molar refractivity (Wildman–Crippen MR) is 77.8 cm³/mol. The maximum absolute atomic E-state index is 12.1. The van der Waals surface area contributed by atoms with Crippen molar-refractivity contribution >= 4 is 34.7 Å². The van der Waals surface area contributed by atoms with Gasteiger partial charge in [0.05, 0.1) is 22.9 Å². The molecule has 8 heteroatoms. The SMILES string of the molecule is C[C@@H](O)C1C(=O)N2C(C(=O)O)=C(c3csc(C(N)=O)c3)CC12. The zero-order chi connectivity index (χ0) is 16.2. The average molecular weight is 322 g/mol. The number of amides is 2. The van der Waals surface area contributed by atoms with Crippen LogP contribution in [0.25, 0.3) is 5.57 Å². The van der Waals surface area contributed by atoms with Crippen LogP contribution in [-0.2, 0) is 9.59 Å². The number of hydrogen-bond acceptors (Lipinski definition) is 5. The van der Waals surface area contributed by atoms with Crippen LogP contribution in [0.5, 0.6) is 0 Å². The minimum Gasteiger partial charge on any atom is -0.477 e. The van der Waals surface area contributed by atoms with Gasteiger partial charge in [-0.1, -0.05) is 0 Å². The Balaban J connectivity index is 2.01. The van der Waals surface area contributed by atoms with Crippen molar-refractivity contribution in [1.82, 2.24) is 4.90 Å². The van der Waals surface area contributed by atoms with E-state index in [2.05, 4.69) is 0 Å². The van der Waals surface area contributed by atoms with Crippen LogP contribution in [0.3, 0.4) is 0 Å². The lowest BCUT2D eigenvalue weighted by Crippen LogP contribution is -2.61. The van der Waals surface area contributed by atoms with Crippen molar-refractivity contribution in [1.29, 1.82) is 0 Å². The zero-order valence-corrected chi connectivity index (χ0v) is 12.5. The summed E-state index contributed by atoms with van der Waals surface area (Å²) in [4.78, 5) is 36.4. The van der Waals surface area contributed by atoms with Gasteiger partial charge < -0.3 is 20.8 Å². The predicted octanol–water partition coefficient (Wildman–Crippen LogP) is 0.254. The summed E-state index contributed by atoms with van der Waals surface area (Å²) in [6, 6.07) is 1.20. The first kappa shape index (κ1) is 14.7. The molecule has 0 bridgehead atoms. The molecule has 22 heavy (non-hydrogen) atoms. The fourth-order valence-corrected chi connectivity index (χ4v) is 3.93. The molecule has 3 heterocycles. The largest absolute Gasteiger partial charge is 0.477 e. The van der Waals surface area contributed by atoms with Gasteiger partial charge in [-0.2, -0.15) is 0 Å². The van der Waals surface area contributed by atoms with E-state index in [0.717, 1.165) is 11.3 Å². The number of hydrogen-bond donors (Lipinski definition) is 3. The van der Waals surface area contributed by atoms with Crippen molar-refractivity contribution in [2.24, 2.45) is 11.7 Å². The Morgan fingerprint density at radius 1 is 1.50 bits per heavy atom. The maximum atomic E-state index is 12.1. The Hall–Kier alpha value is -2.19. The quantitative estimate of drug-likeness (QED) is 0.686. The number of thiophene rings is 1. The number of aliphatic hydroxyl groups is 1. The van der Waals surface area contributed by atoms with Crippen molar-refractivity contribution in [2.75, 3.05) is 0 Å². The van der Waals surface area contributed by atoms with E-state index in [1.54, 1.807) is 11.4 Å². The lowest BCUT2D eigenvalue weighted by molar-refractivity contribution is -0.161. The number of aliphatic hydroxyl groups excluding tert-OH is 1. The van der Waals surface area contributed by atoms with Gasteiger partial charge in [0.2, 0.25) is 5.91 Å². The van der Waals surface area contributed by atoms with Crippen LogP contribution in [0.1, 0.15) is 28.6 Å². The molecule has 1 aromatic rings. The zero-order valence-electron chi connectivity index (χ0n) is 11.6. The summed E-state index contributed by atoms with van der Waals surface area (Å²) < 4.78 is 0. The summed E-state index contributed by atoms with van der Waals surface area (Å²) in [5.74, 6) is -2.73. The molecule has 2 amide bonds. The van der Waals surface area contributed by atoms with Crippen molar-refractivity contribution in [3.8, 4) is 0 Å². The Labute approximate surface area is 129 Å². The number of carbonyl (C=O) groups is 3. The number of β-lactam (4-membered cyclic amide) rings is 1. The number of rotatable bonds is 4. The van der Waals surface area contributed by atoms with Crippen molar-refractivity contribution in [3.05, 3.63) is 27.6 Å². The maximum Gasteiger partial charge on any atom is 0.352 e. The highest BCUT2D eigenvalue weighted by atomic mass is 32.1. The third-order valence-corrected chi connectivity index (χ3v) is 5.07. The molecule has 2 aliphatic rings. The molecule has 0 spiro atoms. The second-order valence-electron chi connectivity index (χ2n) is 5.44. The van der Waals surface area contributed by atoms with E-state index in [4.69, 9.17) is 5.73 Å². The fraction of sp³-hybridized carbons (Fsp3) is 0.357. The molecule has 7 nitrogen and oxygen atoms in total. The van der Waals surface area contributed by atoms with E-state index < -0.39 is 23.9 Å². The van der Waals surface area contributed by atoms with Crippen molar-refractivity contribution in [3.63, 3.8) is 0 Å². The Bertz CT molecular complexity index is 721. The van der Waals surface area contributed by atoms with Crippen LogP contribution in [0.15, 0.2) is 17.1 Å². The van der Waals surface area contributed by atoms with Gasteiger partial charge in [0.25, 0.3) is 5.91 Å². The highest BCUT2D eigenvalue weighted by Gasteiger charge is 2.56. The molecule has 0 aliphatic carbocycles. The second kappa shape index (κ2) is 4.92. The van der Waals surface area contributed by atoms with Crippen molar-refractivity contribution in [2.45, 2.75) is 25.5 Å². The van der Waals surface area contributed by atoms with E-state index in [1.807, 2.05) is 0 Å². The molecule has 0 aromatic carbocycles. The normalized spacial score (nSPS) is 25.0. The number of nitrogens with zero attached hydrogens (tertiary/aromatic N) is 1. The number of carboxylic acids is 1. The molecular weight excluding hydrogens is 308 g/mol. The number of carboxylic acid groups (broad SMARTS) is 1. The minimum absolute atomic E-state index is 0.0688. The summed E-state index contributed by atoms with van der Waals surface area (Å²) in [6.07, 6.45) is -0.482. The molecule has 3 rings (SSSR count). The minimum atomic E-state index is -1.19. The molecule has 116 valence electrons. The lowest BCUT2D eigenvalue weighted by atomic mass is 9.82. The van der Waals surface area contributed by atoms with Crippen molar-refractivity contribution < 1.29 is 24.6 Å². The molecule has 3 atom stereocenters. The standard InChI is InChI=1S/C14H14N2O5S/c1-5(17)10-8-3-7(6-2-9(12(15)18)22-4-6)11(14(20)21)16(8)13(10)19/h2,4-5,8,10,17H,3H2,1H3,(H2,15,18)(H,20,21)/t5-,8?,10?/m1/s1. The first-order chi connectivity index (χ1) is 10.3. The fourth-order valence-electron chi connectivity index (χ4n) is 3.15. The molecule has 2 unspecified atom stereocenters. The van der Waals surface area contributed by atoms with Gasteiger partial charge in [-0.25, -0.2) is 4.79 Å². The van der Waals surface area contributed by atoms with Crippen LogP contribution in [-0.4, -0.2) is 45.0 Å². The Morgan fingerprint density at radius 2 is 2.18 bits per heavy atom. The number of primary amides is 1. The van der Waals surface area contributed by atoms with Gasteiger partial charge in [0, 0.05) is 0 Å². The monoisotopic (exact) mass is 322 g/mol. The topological polar surface area (TPSA) is 121 Å². The van der Waals surface area contributed by atoms with Gasteiger partial charge in [-0.05, 0) is 35.9 Å². The molecular formula is C14H14N2O5S. The van der Waals surface area contributed by atoms with Crippen LogP contribution in [0.2, 0.25) is 0 Å². The molecule has 0 saturated carbocycles. The third kappa shape index (κ3) is 1.95. The summed E-state index contributed by atoms with van der Waals surface area (Å²) in [5, 5.41) is 20.8. The van der Waals surface area contributed by atoms with Crippen LogP contribution in [0, 0.1) is 5.92 Å². The number of fused-ring (bicyclic) bond motifs is 1. The molecule has 1 fully saturated rings. The van der Waals surface area contributed by atoms with Crippen LogP contribution >= 0.6 is 11.3 Å². The highest BCUT2D eigenvalue weighted by Crippen LogP contribution is 2.47. The molecule has 1 aromatic heterocycles. The van der Waals surface area contributed by atoms with E-state index in [1.165, 1.54) is 11.8 Å². The van der Waals surface area contributed by atoms with Gasteiger partial charge >= 0.3 is 5.97 Å². The second-order valence-corrected chi connectivity index (χ2v) is 6.35. The third-order valence-electron chi connectivity index (χ3n) is 4.12. The molecule has 1 saturated heterocycles. The average Bonchev–Trinajstić information content (AvgIpc) is 2.99. The first-order valence-corrected chi connectivity index (χ1v) is 7.57. The first-order valence-electron chi connectivity index (χ1n) is 6.69. The number of nitrogens with two attached hydrogens (primary N) is 1. The highest BCUT2D eigenvalue weighted by molar-refractivity contribution is 7.12. The van der Waals surface area contributed by atoms with Gasteiger partial charge in [-0.15, -0.1) is 11.3 Å². The van der Waals surface area contributed by atoms with E-state index in [0.29, 0.717) is 22.4 Å². The van der Waals surface area contributed by atoms with Gasteiger partial charge in [0.1, 0.15) is 5.70 Å². The Morgan fingerprint density at radius 3 is 2.68 bits per heavy atom. The molecule has 0 radical (unpaired) electrons. The summed E-state index contributed by atoms with van der Waals surface area (Å²) >= 11 is 1.13. The van der Waals surface area contributed by atoms with Gasteiger partial charge in [-0.3, -0.25) is 9.59 Å². The lowest BCUT2D eigenvalue weighted by Gasteiger charge is -2.44. The van der Waals surface area contributed by atoms with Crippen LogP contribution in [0.4, 0.5) is 0 Å². The van der Waals surface area contributed by atoms with Gasteiger partial charge in [0.15, 0.2) is 0 Å². The summed E-state index contributed by atoms with van der Waals surface area (Å²) in [6.45, 7) is 1.52. The smallest absolute Gasteiger partial charge is 0.352 e. The van der Waals surface area contributed by atoms with E-state index >= 15 is 0 Å². The number of carbonyl (C=O) groups excluding carboxylic acids is 2. The summed E-state index contributed by atoms with van der Waals surface area (Å²) in [7, 11) is 0. The Kier molecular flexibility index (Phi) is 3.30.